The van der Waals surface area contributed by atoms with Crippen LogP contribution in [0.25, 0.3) is 0 Å². The third kappa shape index (κ3) is 3.07. The van der Waals surface area contributed by atoms with Gasteiger partial charge in [-0.1, -0.05) is 23.7 Å². The minimum absolute atomic E-state index is 0.808. The Kier molecular flexibility index (Phi) is 3.36. The smallest absolute Gasteiger partial charge is 0.0408 e. The van der Waals surface area contributed by atoms with Crippen molar-refractivity contribution in [2.24, 2.45) is 0 Å². The van der Waals surface area contributed by atoms with Crippen molar-refractivity contribution in [2.75, 3.05) is 0 Å². The van der Waals surface area contributed by atoms with Gasteiger partial charge in [-0.25, -0.2) is 0 Å². The molecule has 0 atom stereocenters. The Bertz CT molecular complexity index is 426. The van der Waals surface area contributed by atoms with E-state index in [1.54, 1.807) is 0 Å². The van der Waals surface area contributed by atoms with E-state index in [9.17, 15) is 0 Å². The topological polar surface area (TPSA) is 12.9 Å². The van der Waals surface area contributed by atoms with Crippen LogP contribution in [0.2, 0.25) is 5.02 Å². The Hall–Kier alpha value is -1.34. The molecular formula is C13H12ClN. The number of hydrogen-bond acceptors (Lipinski definition) is 1. The van der Waals surface area contributed by atoms with Crippen molar-refractivity contribution in [1.82, 2.24) is 4.98 Å². The van der Waals surface area contributed by atoms with Crippen LogP contribution in [0.3, 0.4) is 0 Å². The Balaban J connectivity index is 1.99. The summed E-state index contributed by atoms with van der Waals surface area (Å²) in [6.45, 7) is 0. The second-order valence-electron chi connectivity index (χ2n) is 3.49. The molecule has 1 aromatic carbocycles. The number of halogens is 1. The first-order chi connectivity index (χ1) is 7.34. The van der Waals surface area contributed by atoms with Crippen molar-refractivity contribution in [3.05, 3.63) is 64.9 Å². The van der Waals surface area contributed by atoms with E-state index in [1.807, 2.05) is 42.7 Å². The first-order valence-electron chi connectivity index (χ1n) is 4.98. The molecule has 0 amide bonds. The fourth-order valence-electron chi connectivity index (χ4n) is 1.53. The maximum Gasteiger partial charge on any atom is 0.0408 e. The van der Waals surface area contributed by atoms with E-state index in [2.05, 4.69) is 11.1 Å². The van der Waals surface area contributed by atoms with Crippen molar-refractivity contribution in [2.45, 2.75) is 12.8 Å². The van der Waals surface area contributed by atoms with Crippen LogP contribution in [0, 0.1) is 0 Å². The Morgan fingerprint density at radius 2 is 1.67 bits per heavy atom. The molecule has 1 nitrogen and oxygen atoms in total. The van der Waals surface area contributed by atoms with Gasteiger partial charge in [0, 0.05) is 17.4 Å². The molecule has 1 heterocycles. The summed E-state index contributed by atoms with van der Waals surface area (Å²) < 4.78 is 0. The summed E-state index contributed by atoms with van der Waals surface area (Å²) >= 11 is 5.92. The lowest BCUT2D eigenvalue weighted by Gasteiger charge is -2.02. The zero-order valence-corrected chi connectivity index (χ0v) is 9.11. The first kappa shape index (κ1) is 10.2. The van der Waals surface area contributed by atoms with Crippen LogP contribution >= 0.6 is 11.6 Å². The number of rotatable bonds is 3. The molecule has 15 heavy (non-hydrogen) atoms. The van der Waals surface area contributed by atoms with Gasteiger partial charge in [0.2, 0.25) is 0 Å². The molecule has 0 bridgehead atoms. The van der Waals surface area contributed by atoms with Gasteiger partial charge in [-0.15, -0.1) is 0 Å². The second-order valence-corrected chi connectivity index (χ2v) is 3.92. The van der Waals surface area contributed by atoms with Crippen LogP contribution in [-0.2, 0) is 12.8 Å². The van der Waals surface area contributed by atoms with Gasteiger partial charge in [0.1, 0.15) is 0 Å². The lowest BCUT2D eigenvalue weighted by Crippen LogP contribution is -1.91. The van der Waals surface area contributed by atoms with Crippen LogP contribution in [0.1, 0.15) is 11.1 Å². The predicted octanol–water partition coefficient (Wildman–Crippen LogP) is 3.52. The van der Waals surface area contributed by atoms with Gasteiger partial charge in [-0.3, -0.25) is 4.98 Å². The van der Waals surface area contributed by atoms with Gasteiger partial charge in [0.05, 0.1) is 0 Å². The predicted molar refractivity (Wildman–Crippen MR) is 63.1 cm³/mol. The van der Waals surface area contributed by atoms with Crippen LogP contribution in [0.5, 0.6) is 0 Å². The monoisotopic (exact) mass is 217 g/mol. The van der Waals surface area contributed by atoms with Gasteiger partial charge in [0.15, 0.2) is 0 Å². The highest BCUT2D eigenvalue weighted by molar-refractivity contribution is 6.30. The summed E-state index contributed by atoms with van der Waals surface area (Å²) in [5, 5.41) is 0.808. The number of aryl methyl sites for hydroxylation is 2. The quantitative estimate of drug-likeness (QED) is 0.767. The van der Waals surface area contributed by atoms with Gasteiger partial charge in [0.25, 0.3) is 0 Å². The highest BCUT2D eigenvalue weighted by atomic mass is 35.5. The van der Waals surface area contributed by atoms with E-state index in [0.29, 0.717) is 0 Å². The number of benzene rings is 1. The highest BCUT2D eigenvalue weighted by Gasteiger charge is 1.96. The second kappa shape index (κ2) is 4.94. The molecule has 0 radical (unpaired) electrons. The molecule has 0 N–H and O–H groups in total. The van der Waals surface area contributed by atoms with Gasteiger partial charge < -0.3 is 0 Å². The number of aromatic nitrogens is 1. The van der Waals surface area contributed by atoms with Crippen LogP contribution in [0.15, 0.2) is 48.8 Å². The van der Waals surface area contributed by atoms with Crippen molar-refractivity contribution < 1.29 is 0 Å². The first-order valence-corrected chi connectivity index (χ1v) is 5.36. The van der Waals surface area contributed by atoms with Crippen LogP contribution in [-0.4, -0.2) is 4.98 Å². The SMILES string of the molecule is Clc1cccc(CCc2ccncc2)c1. The fourth-order valence-corrected chi connectivity index (χ4v) is 1.74. The third-order valence-corrected chi connectivity index (χ3v) is 2.58. The Labute approximate surface area is 94.7 Å². The van der Waals surface area contributed by atoms with Gasteiger partial charge in [-0.05, 0) is 48.2 Å². The summed E-state index contributed by atoms with van der Waals surface area (Å²) in [7, 11) is 0. The molecular weight excluding hydrogens is 206 g/mol. The normalized spacial score (nSPS) is 10.2. The minimum Gasteiger partial charge on any atom is -0.265 e. The summed E-state index contributed by atoms with van der Waals surface area (Å²) in [6.07, 6.45) is 5.70. The van der Waals surface area contributed by atoms with Crippen LogP contribution in [0.4, 0.5) is 0 Å². The van der Waals surface area contributed by atoms with E-state index in [4.69, 9.17) is 11.6 Å². The minimum atomic E-state index is 0.808. The standard InChI is InChI=1S/C13H12ClN/c14-13-3-1-2-12(10-13)5-4-11-6-8-15-9-7-11/h1-3,6-10H,4-5H2. The highest BCUT2D eigenvalue weighted by Crippen LogP contribution is 2.12. The maximum absolute atomic E-state index is 5.92. The summed E-state index contributed by atoms with van der Waals surface area (Å²) in [4.78, 5) is 3.99. The largest absolute Gasteiger partial charge is 0.265 e. The van der Waals surface area contributed by atoms with Crippen molar-refractivity contribution in [3.63, 3.8) is 0 Å². The van der Waals surface area contributed by atoms with Crippen molar-refractivity contribution in [3.8, 4) is 0 Å². The molecule has 1 aromatic heterocycles. The molecule has 0 aliphatic rings. The summed E-state index contributed by atoms with van der Waals surface area (Å²) in [5.74, 6) is 0. The van der Waals surface area contributed by atoms with Crippen molar-refractivity contribution in [1.29, 1.82) is 0 Å². The number of nitrogens with zero attached hydrogens (tertiary/aromatic N) is 1. The van der Waals surface area contributed by atoms with E-state index >= 15 is 0 Å². The lowest BCUT2D eigenvalue weighted by atomic mass is 10.1. The average Bonchev–Trinajstić information content (AvgIpc) is 2.28. The molecule has 76 valence electrons. The maximum atomic E-state index is 5.92. The van der Waals surface area contributed by atoms with E-state index < -0.39 is 0 Å². The molecule has 2 rings (SSSR count). The number of hydrogen-bond donors (Lipinski definition) is 0. The summed E-state index contributed by atoms with van der Waals surface area (Å²) in [6, 6.07) is 12.1. The average molecular weight is 218 g/mol. The molecule has 0 aliphatic carbocycles. The number of pyridine rings is 1. The van der Waals surface area contributed by atoms with Crippen molar-refractivity contribution >= 4 is 11.6 Å². The Morgan fingerprint density at radius 3 is 2.40 bits per heavy atom. The molecule has 0 saturated heterocycles. The molecule has 0 saturated carbocycles. The van der Waals surface area contributed by atoms with E-state index in [-0.39, 0.29) is 0 Å². The molecule has 2 heteroatoms. The van der Waals surface area contributed by atoms with Crippen LogP contribution < -0.4 is 0 Å². The molecule has 0 aliphatic heterocycles. The van der Waals surface area contributed by atoms with E-state index in [0.717, 1.165) is 17.9 Å². The fraction of sp³-hybridized carbons (Fsp3) is 0.154. The Morgan fingerprint density at radius 1 is 0.933 bits per heavy atom. The zero-order valence-electron chi connectivity index (χ0n) is 8.36. The molecule has 0 unspecified atom stereocenters. The molecule has 0 spiro atoms. The zero-order chi connectivity index (χ0) is 10.5. The lowest BCUT2D eigenvalue weighted by molar-refractivity contribution is 0.955. The third-order valence-electron chi connectivity index (χ3n) is 2.34. The van der Waals surface area contributed by atoms with Gasteiger partial charge in [-0.2, -0.15) is 0 Å². The summed E-state index contributed by atoms with van der Waals surface area (Å²) in [5.41, 5.74) is 2.59. The van der Waals surface area contributed by atoms with Gasteiger partial charge >= 0.3 is 0 Å². The van der Waals surface area contributed by atoms with E-state index in [1.165, 1.54) is 11.1 Å². The molecule has 2 aromatic rings. The molecule has 0 fully saturated rings.